The number of hydrogen-bond donors (Lipinski definition) is 1. The molecule has 0 bridgehead atoms. The minimum atomic E-state index is -2.68. The molecule has 0 heterocycles. The summed E-state index contributed by atoms with van der Waals surface area (Å²) in [6, 6.07) is 0. The van der Waals surface area contributed by atoms with Gasteiger partial charge in [0.25, 0.3) is 0 Å². The van der Waals surface area contributed by atoms with Gasteiger partial charge in [-0.05, 0) is 6.42 Å². The maximum atomic E-state index is 10.1. The van der Waals surface area contributed by atoms with E-state index in [4.69, 9.17) is 4.89 Å². The predicted molar refractivity (Wildman–Crippen MR) is 45.9 cm³/mol. The monoisotopic (exact) mass is 232 g/mol. The van der Waals surface area contributed by atoms with E-state index in [9.17, 15) is 4.57 Å². The molecule has 0 amide bonds. The van der Waals surface area contributed by atoms with Gasteiger partial charge < -0.3 is 9.42 Å². The van der Waals surface area contributed by atoms with Crippen molar-refractivity contribution < 1.29 is 31.3 Å². The molecule has 12 heavy (non-hydrogen) atoms. The van der Waals surface area contributed by atoms with E-state index in [0.29, 0.717) is 6.61 Å². The van der Waals surface area contributed by atoms with E-state index in [1.54, 1.807) is 0 Å². The van der Waals surface area contributed by atoms with Crippen LogP contribution < -0.4 is 0 Å². The smallest absolute Gasteiger partial charge is 0.316 e. The van der Waals surface area contributed by atoms with Crippen LogP contribution in [0.3, 0.4) is 0 Å². The van der Waals surface area contributed by atoms with Crippen LogP contribution >= 0.6 is 8.25 Å². The quantitative estimate of drug-likeness (QED) is 0.541. The average Bonchev–Trinajstić information content (AvgIpc) is 1.96. The number of rotatable bonds is 7. The molecule has 0 aliphatic rings. The molecule has 0 saturated heterocycles. The second kappa shape index (κ2) is 11.7. The molecular formula is C7H17CrO3P. The summed E-state index contributed by atoms with van der Waals surface area (Å²) >= 11 is 0. The van der Waals surface area contributed by atoms with E-state index < -0.39 is 8.25 Å². The first kappa shape index (κ1) is 15.2. The maximum Gasteiger partial charge on any atom is 0.316 e. The van der Waals surface area contributed by atoms with Gasteiger partial charge in [0.1, 0.15) is 0 Å². The molecular weight excluding hydrogens is 215 g/mol. The first-order chi connectivity index (χ1) is 5.27. The van der Waals surface area contributed by atoms with Crippen LogP contribution in [-0.2, 0) is 26.4 Å². The average molecular weight is 232 g/mol. The van der Waals surface area contributed by atoms with Gasteiger partial charge >= 0.3 is 8.25 Å². The third-order valence-electron chi connectivity index (χ3n) is 1.47. The molecule has 0 aliphatic heterocycles. The van der Waals surface area contributed by atoms with E-state index in [1.807, 2.05) is 0 Å². The second-order valence-electron chi connectivity index (χ2n) is 2.53. The third kappa shape index (κ3) is 13.3. The summed E-state index contributed by atoms with van der Waals surface area (Å²) in [5.41, 5.74) is 0. The molecule has 0 saturated carbocycles. The fourth-order valence-electron chi connectivity index (χ4n) is 0.865. The van der Waals surface area contributed by atoms with Crippen molar-refractivity contribution in [1.29, 1.82) is 0 Å². The molecule has 0 radical (unpaired) electrons. The largest absolute Gasteiger partial charge is 0.326 e. The Balaban J connectivity index is 0. The van der Waals surface area contributed by atoms with Crippen molar-refractivity contribution >= 4 is 8.25 Å². The molecule has 74 valence electrons. The Kier molecular flexibility index (Phi) is 14.8. The third-order valence-corrected chi connectivity index (χ3v) is 1.92. The van der Waals surface area contributed by atoms with E-state index in [0.717, 1.165) is 12.8 Å². The zero-order valence-corrected chi connectivity index (χ0v) is 9.69. The Morgan fingerprint density at radius 1 is 1.25 bits per heavy atom. The summed E-state index contributed by atoms with van der Waals surface area (Å²) in [5.74, 6) is 0. The summed E-state index contributed by atoms with van der Waals surface area (Å²) in [7, 11) is -2.68. The summed E-state index contributed by atoms with van der Waals surface area (Å²) in [6.45, 7) is 2.58. The standard InChI is InChI=1S/C7H17O3P.Cr/c1-2-3-4-5-6-7-10-11(8)9;/h11H,2-7H2,1H3,(H,8,9);. The van der Waals surface area contributed by atoms with E-state index in [1.165, 1.54) is 19.3 Å². The molecule has 0 spiro atoms. The van der Waals surface area contributed by atoms with Crippen LogP contribution in [0.5, 0.6) is 0 Å². The van der Waals surface area contributed by atoms with Gasteiger partial charge in [-0.25, -0.2) is 0 Å². The molecule has 0 aliphatic carbocycles. The Bertz CT molecular complexity index is 111. The van der Waals surface area contributed by atoms with Gasteiger partial charge in [-0.1, -0.05) is 32.6 Å². The normalized spacial score (nSPS) is 12.2. The van der Waals surface area contributed by atoms with Crippen molar-refractivity contribution in [3.8, 4) is 0 Å². The van der Waals surface area contributed by atoms with Gasteiger partial charge in [-0.15, -0.1) is 0 Å². The first-order valence-corrected chi connectivity index (χ1v) is 5.39. The summed E-state index contributed by atoms with van der Waals surface area (Å²) in [5, 5.41) is 0. The maximum absolute atomic E-state index is 10.1. The molecule has 5 heteroatoms. The van der Waals surface area contributed by atoms with Crippen molar-refractivity contribution in [3.05, 3.63) is 0 Å². The topological polar surface area (TPSA) is 46.5 Å². The molecule has 0 fully saturated rings. The van der Waals surface area contributed by atoms with Crippen molar-refractivity contribution in [1.82, 2.24) is 0 Å². The van der Waals surface area contributed by atoms with Crippen LogP contribution in [0.15, 0.2) is 0 Å². The molecule has 1 atom stereocenters. The van der Waals surface area contributed by atoms with Crippen molar-refractivity contribution in [2.75, 3.05) is 6.61 Å². The molecule has 1 unspecified atom stereocenters. The Labute approximate surface area is 85.6 Å². The van der Waals surface area contributed by atoms with Crippen LogP contribution in [0.1, 0.15) is 39.0 Å². The van der Waals surface area contributed by atoms with Crippen LogP contribution in [0, 0.1) is 0 Å². The summed E-state index contributed by atoms with van der Waals surface area (Å²) in [6.07, 6.45) is 5.66. The van der Waals surface area contributed by atoms with E-state index in [-0.39, 0.29) is 17.4 Å². The Morgan fingerprint density at radius 2 is 1.83 bits per heavy atom. The van der Waals surface area contributed by atoms with E-state index >= 15 is 0 Å². The molecule has 1 N–H and O–H groups in total. The SMILES string of the molecule is CCCCCCCO[PH](=O)O.[Cr]. The Morgan fingerprint density at radius 3 is 2.33 bits per heavy atom. The van der Waals surface area contributed by atoms with Gasteiger partial charge in [0, 0.05) is 17.4 Å². The van der Waals surface area contributed by atoms with Gasteiger partial charge in [0.05, 0.1) is 6.61 Å². The van der Waals surface area contributed by atoms with Gasteiger partial charge in [0.2, 0.25) is 0 Å². The van der Waals surface area contributed by atoms with Crippen LogP contribution in [0.2, 0.25) is 0 Å². The fourth-order valence-corrected chi connectivity index (χ4v) is 1.18. The van der Waals surface area contributed by atoms with E-state index in [2.05, 4.69) is 11.4 Å². The first-order valence-electron chi connectivity index (χ1n) is 4.13. The van der Waals surface area contributed by atoms with Gasteiger partial charge in [0.15, 0.2) is 0 Å². The molecule has 0 aromatic rings. The summed E-state index contributed by atoms with van der Waals surface area (Å²) < 4.78 is 14.6. The minimum absolute atomic E-state index is 0. The summed E-state index contributed by atoms with van der Waals surface area (Å²) in [4.78, 5) is 8.28. The predicted octanol–water partition coefficient (Wildman–Crippen LogP) is 2.35. The number of unbranched alkanes of at least 4 members (excludes halogenated alkanes) is 4. The van der Waals surface area contributed by atoms with Crippen LogP contribution in [0.4, 0.5) is 0 Å². The molecule has 0 aromatic heterocycles. The molecule has 3 nitrogen and oxygen atoms in total. The number of hydrogen-bond acceptors (Lipinski definition) is 2. The molecule has 0 rings (SSSR count). The molecule has 0 aromatic carbocycles. The van der Waals surface area contributed by atoms with Crippen molar-refractivity contribution in [2.45, 2.75) is 39.0 Å². The Hall–Kier alpha value is 0.682. The van der Waals surface area contributed by atoms with Crippen molar-refractivity contribution in [2.24, 2.45) is 0 Å². The van der Waals surface area contributed by atoms with Gasteiger partial charge in [-0.3, -0.25) is 4.57 Å². The zero-order chi connectivity index (χ0) is 8.53. The van der Waals surface area contributed by atoms with Crippen LogP contribution in [-0.4, -0.2) is 11.5 Å². The second-order valence-corrected chi connectivity index (χ2v) is 3.35. The zero-order valence-electron chi connectivity index (χ0n) is 7.41. The van der Waals surface area contributed by atoms with Crippen molar-refractivity contribution in [3.63, 3.8) is 0 Å². The minimum Gasteiger partial charge on any atom is -0.326 e. The van der Waals surface area contributed by atoms with Crippen LogP contribution in [0.25, 0.3) is 0 Å². The fraction of sp³-hybridized carbons (Fsp3) is 1.00. The van der Waals surface area contributed by atoms with Gasteiger partial charge in [-0.2, -0.15) is 0 Å².